The van der Waals surface area contributed by atoms with Gasteiger partial charge in [-0.15, -0.1) is 0 Å². The standard InChI is InChI=1S/C16H16BrF2NO/c1-20-10-12-6-5-9-14(17)15(12)21-11-16(18,19)13-7-3-2-4-8-13/h2-9,20H,10-11H2,1H3. The number of hydrogen-bond acceptors (Lipinski definition) is 2. The Kier molecular flexibility index (Phi) is 5.31. The normalized spacial score (nSPS) is 11.4. The van der Waals surface area contributed by atoms with Gasteiger partial charge in [-0.2, -0.15) is 8.78 Å². The smallest absolute Gasteiger partial charge is 0.306 e. The fraction of sp³-hybridized carbons (Fsp3) is 0.250. The molecule has 5 heteroatoms. The topological polar surface area (TPSA) is 21.3 Å². The quantitative estimate of drug-likeness (QED) is 0.832. The van der Waals surface area contributed by atoms with E-state index >= 15 is 0 Å². The van der Waals surface area contributed by atoms with Crippen LogP contribution in [-0.4, -0.2) is 13.7 Å². The Morgan fingerprint density at radius 3 is 2.48 bits per heavy atom. The van der Waals surface area contributed by atoms with E-state index < -0.39 is 12.5 Å². The highest BCUT2D eigenvalue weighted by Crippen LogP contribution is 2.33. The maximum atomic E-state index is 14.1. The van der Waals surface area contributed by atoms with Gasteiger partial charge in [0.05, 0.1) is 4.47 Å². The van der Waals surface area contributed by atoms with Crippen LogP contribution >= 0.6 is 15.9 Å². The molecule has 2 nitrogen and oxygen atoms in total. The predicted molar refractivity (Wildman–Crippen MR) is 82.7 cm³/mol. The van der Waals surface area contributed by atoms with Gasteiger partial charge in [-0.3, -0.25) is 0 Å². The van der Waals surface area contributed by atoms with Crippen LogP contribution < -0.4 is 10.1 Å². The zero-order chi connectivity index (χ0) is 15.3. The van der Waals surface area contributed by atoms with Gasteiger partial charge < -0.3 is 10.1 Å². The van der Waals surface area contributed by atoms with E-state index in [-0.39, 0.29) is 5.56 Å². The summed E-state index contributed by atoms with van der Waals surface area (Å²) < 4.78 is 34.3. The third kappa shape index (κ3) is 4.02. The zero-order valence-corrected chi connectivity index (χ0v) is 13.2. The summed E-state index contributed by atoms with van der Waals surface area (Å²) in [6.07, 6.45) is 0. The molecule has 2 aromatic rings. The van der Waals surface area contributed by atoms with Crippen LogP contribution in [0.5, 0.6) is 5.75 Å². The molecule has 0 fully saturated rings. The zero-order valence-electron chi connectivity index (χ0n) is 11.6. The maximum Gasteiger partial charge on any atom is 0.306 e. The van der Waals surface area contributed by atoms with Crippen LogP contribution in [0.4, 0.5) is 8.78 Å². The summed E-state index contributed by atoms with van der Waals surface area (Å²) in [7, 11) is 1.79. The van der Waals surface area contributed by atoms with Gasteiger partial charge in [0.2, 0.25) is 0 Å². The highest BCUT2D eigenvalue weighted by atomic mass is 79.9. The third-order valence-corrected chi connectivity index (χ3v) is 3.63. The number of hydrogen-bond donors (Lipinski definition) is 1. The number of rotatable bonds is 6. The number of ether oxygens (including phenoxy) is 1. The summed E-state index contributed by atoms with van der Waals surface area (Å²) >= 11 is 3.34. The molecule has 1 N–H and O–H groups in total. The van der Waals surface area contributed by atoms with Gasteiger partial charge in [-0.1, -0.05) is 42.5 Å². The van der Waals surface area contributed by atoms with Crippen molar-refractivity contribution in [2.24, 2.45) is 0 Å². The average Bonchev–Trinajstić information content (AvgIpc) is 2.48. The van der Waals surface area contributed by atoms with E-state index in [4.69, 9.17) is 4.74 Å². The first kappa shape index (κ1) is 15.9. The van der Waals surface area contributed by atoms with Gasteiger partial charge in [0.1, 0.15) is 5.75 Å². The van der Waals surface area contributed by atoms with Crippen molar-refractivity contribution in [2.75, 3.05) is 13.7 Å². The van der Waals surface area contributed by atoms with Gasteiger partial charge in [0, 0.05) is 17.7 Å². The van der Waals surface area contributed by atoms with Crippen LogP contribution in [0.15, 0.2) is 53.0 Å². The molecule has 0 aromatic heterocycles. The Bertz CT molecular complexity index is 590. The third-order valence-electron chi connectivity index (χ3n) is 3.01. The SMILES string of the molecule is CNCc1cccc(Br)c1OCC(F)(F)c1ccccc1. The average molecular weight is 356 g/mol. The van der Waals surface area contributed by atoms with E-state index in [9.17, 15) is 8.78 Å². The Balaban J connectivity index is 2.16. The molecular formula is C16H16BrF2NO. The van der Waals surface area contributed by atoms with Crippen LogP contribution in [0.2, 0.25) is 0 Å². The molecule has 0 aliphatic heterocycles. The molecular weight excluding hydrogens is 340 g/mol. The summed E-state index contributed by atoms with van der Waals surface area (Å²) in [6, 6.07) is 13.2. The summed E-state index contributed by atoms with van der Waals surface area (Å²) in [5.74, 6) is -2.59. The highest BCUT2D eigenvalue weighted by molar-refractivity contribution is 9.10. The second kappa shape index (κ2) is 7.00. The molecule has 21 heavy (non-hydrogen) atoms. The van der Waals surface area contributed by atoms with E-state index in [1.165, 1.54) is 12.1 Å². The first-order valence-electron chi connectivity index (χ1n) is 6.53. The molecule has 0 aliphatic rings. The fourth-order valence-electron chi connectivity index (χ4n) is 1.97. The molecule has 0 spiro atoms. The van der Waals surface area contributed by atoms with Crippen molar-refractivity contribution in [1.29, 1.82) is 0 Å². The minimum Gasteiger partial charge on any atom is -0.485 e. The van der Waals surface area contributed by atoms with E-state index in [2.05, 4.69) is 21.2 Å². The molecule has 0 atom stereocenters. The van der Waals surface area contributed by atoms with Crippen LogP contribution in [0.1, 0.15) is 11.1 Å². The van der Waals surface area contributed by atoms with Gasteiger partial charge in [-0.25, -0.2) is 0 Å². The summed E-state index contributed by atoms with van der Waals surface area (Å²) in [6.45, 7) is -0.151. The van der Waals surface area contributed by atoms with E-state index in [1.54, 1.807) is 31.3 Å². The molecule has 112 valence electrons. The Hall–Kier alpha value is -1.46. The lowest BCUT2D eigenvalue weighted by atomic mass is 10.1. The molecule has 2 aromatic carbocycles. The minimum absolute atomic E-state index is 0.0489. The first-order chi connectivity index (χ1) is 10.0. The number of benzene rings is 2. The van der Waals surface area contributed by atoms with Crippen LogP contribution in [-0.2, 0) is 12.5 Å². The van der Waals surface area contributed by atoms with Gasteiger partial charge >= 0.3 is 5.92 Å². The van der Waals surface area contributed by atoms with Crippen molar-refractivity contribution in [3.05, 3.63) is 64.1 Å². The van der Waals surface area contributed by atoms with Crippen molar-refractivity contribution < 1.29 is 13.5 Å². The molecule has 0 saturated heterocycles. The Morgan fingerprint density at radius 1 is 1.10 bits per heavy atom. The molecule has 0 radical (unpaired) electrons. The molecule has 2 rings (SSSR count). The molecule has 0 amide bonds. The largest absolute Gasteiger partial charge is 0.485 e. The van der Waals surface area contributed by atoms with Crippen molar-refractivity contribution in [2.45, 2.75) is 12.5 Å². The van der Waals surface area contributed by atoms with Crippen molar-refractivity contribution >= 4 is 15.9 Å². The lowest BCUT2D eigenvalue weighted by molar-refractivity contribution is -0.0471. The lowest BCUT2D eigenvalue weighted by Gasteiger charge is -2.19. The summed E-state index contributed by atoms with van der Waals surface area (Å²) in [5.41, 5.74) is 0.781. The second-order valence-electron chi connectivity index (χ2n) is 4.62. The van der Waals surface area contributed by atoms with E-state index in [0.717, 1.165) is 5.56 Å². The molecule has 0 bridgehead atoms. The van der Waals surface area contributed by atoms with Gasteiger partial charge in [0.15, 0.2) is 6.61 Å². The van der Waals surface area contributed by atoms with Gasteiger partial charge in [-0.05, 0) is 29.0 Å². The van der Waals surface area contributed by atoms with Gasteiger partial charge in [0.25, 0.3) is 0 Å². The second-order valence-corrected chi connectivity index (χ2v) is 5.47. The van der Waals surface area contributed by atoms with Crippen molar-refractivity contribution in [3.63, 3.8) is 0 Å². The summed E-state index contributed by atoms with van der Waals surface area (Å²) in [4.78, 5) is 0. The lowest BCUT2D eigenvalue weighted by Crippen LogP contribution is -2.23. The van der Waals surface area contributed by atoms with Crippen molar-refractivity contribution in [3.8, 4) is 5.75 Å². The minimum atomic E-state index is -3.03. The molecule has 0 aliphatic carbocycles. The number of para-hydroxylation sites is 1. The number of alkyl halides is 2. The Labute approximate surface area is 131 Å². The molecule has 0 saturated carbocycles. The van der Waals surface area contributed by atoms with Crippen LogP contribution in [0, 0.1) is 0 Å². The summed E-state index contributed by atoms with van der Waals surface area (Å²) in [5, 5.41) is 2.99. The van der Waals surface area contributed by atoms with E-state index in [0.29, 0.717) is 16.8 Å². The molecule has 0 heterocycles. The van der Waals surface area contributed by atoms with Crippen LogP contribution in [0.25, 0.3) is 0 Å². The number of halogens is 3. The first-order valence-corrected chi connectivity index (χ1v) is 7.32. The number of nitrogens with one attached hydrogen (secondary N) is 1. The molecule has 0 unspecified atom stereocenters. The van der Waals surface area contributed by atoms with E-state index in [1.807, 2.05) is 12.1 Å². The highest BCUT2D eigenvalue weighted by Gasteiger charge is 2.32. The van der Waals surface area contributed by atoms with Crippen molar-refractivity contribution in [1.82, 2.24) is 5.32 Å². The maximum absolute atomic E-state index is 14.1. The Morgan fingerprint density at radius 2 is 1.81 bits per heavy atom. The fourth-order valence-corrected chi connectivity index (χ4v) is 2.49. The van der Waals surface area contributed by atoms with Crippen LogP contribution in [0.3, 0.4) is 0 Å². The predicted octanol–water partition coefficient (Wildman–Crippen LogP) is 4.34. The monoisotopic (exact) mass is 355 g/mol.